The fourth-order valence-corrected chi connectivity index (χ4v) is 5.87. The summed E-state index contributed by atoms with van der Waals surface area (Å²) < 4.78 is 55.4. The molecule has 2 unspecified atom stereocenters. The normalized spacial score (nSPS) is 20.7. The minimum absolute atomic E-state index is 0.0880. The number of piperazine rings is 1. The maximum atomic E-state index is 14.3. The number of likely N-dealkylation sites (tertiary alicyclic amines) is 1. The number of likely N-dealkylation sites (N-methyl/N-ethyl adjacent to an activating group) is 2. The summed E-state index contributed by atoms with van der Waals surface area (Å²) in [6.45, 7) is 5.23. The third-order valence-corrected chi connectivity index (χ3v) is 8.55. The molecule has 2 atom stereocenters. The Balaban J connectivity index is 1.53. The highest BCUT2D eigenvalue weighted by Crippen LogP contribution is 2.38. The number of nitrogens with zero attached hydrogens (tertiary/aromatic N) is 5. The van der Waals surface area contributed by atoms with Gasteiger partial charge in [-0.25, -0.2) is 9.18 Å². The van der Waals surface area contributed by atoms with Crippen molar-refractivity contribution < 1.29 is 22.4 Å². The number of alkyl halides is 3. The molecule has 6 nitrogen and oxygen atoms in total. The fraction of sp³-hybridized carbons (Fsp3) is 0.536. The van der Waals surface area contributed by atoms with Gasteiger partial charge in [0.1, 0.15) is 5.82 Å². The summed E-state index contributed by atoms with van der Waals surface area (Å²) >= 11 is 12.4. The minimum atomic E-state index is -4.82. The Bertz CT molecular complexity index is 1190. The third kappa shape index (κ3) is 7.20. The van der Waals surface area contributed by atoms with E-state index in [9.17, 15) is 22.4 Å². The smallest absolute Gasteiger partial charge is 0.322 e. The molecular formula is C28H35Cl2F4N5O. The Kier molecular flexibility index (Phi) is 9.88. The van der Waals surface area contributed by atoms with Gasteiger partial charge in [-0.2, -0.15) is 13.2 Å². The first kappa shape index (κ1) is 30.8. The third-order valence-electron chi connectivity index (χ3n) is 7.81. The van der Waals surface area contributed by atoms with Crippen LogP contribution in [0.25, 0.3) is 0 Å². The largest absolute Gasteiger partial charge is 0.419 e. The molecule has 2 aliphatic heterocycles. The van der Waals surface area contributed by atoms with Crippen molar-refractivity contribution in [3.63, 3.8) is 0 Å². The van der Waals surface area contributed by atoms with Crippen molar-refractivity contribution in [2.24, 2.45) is 0 Å². The van der Waals surface area contributed by atoms with Crippen molar-refractivity contribution in [3.05, 3.63) is 69.0 Å². The van der Waals surface area contributed by atoms with Gasteiger partial charge in [-0.3, -0.25) is 9.80 Å². The summed E-state index contributed by atoms with van der Waals surface area (Å²) in [5.74, 6) is -1.53. The van der Waals surface area contributed by atoms with Gasteiger partial charge in [0.25, 0.3) is 0 Å². The van der Waals surface area contributed by atoms with Crippen LogP contribution in [0.5, 0.6) is 0 Å². The molecule has 12 heteroatoms. The molecule has 40 heavy (non-hydrogen) atoms. The predicted octanol–water partition coefficient (Wildman–Crippen LogP) is 5.35. The van der Waals surface area contributed by atoms with E-state index in [0.29, 0.717) is 36.2 Å². The minimum Gasteiger partial charge on any atom is -0.322 e. The van der Waals surface area contributed by atoms with Gasteiger partial charge in [0.05, 0.1) is 15.6 Å². The Morgan fingerprint density at radius 3 is 2.30 bits per heavy atom. The molecule has 0 bridgehead atoms. The number of hydrogen-bond acceptors (Lipinski definition) is 4. The van der Waals surface area contributed by atoms with Crippen molar-refractivity contribution in [3.8, 4) is 0 Å². The molecule has 4 rings (SSSR count). The number of carbonyl (C=O) groups excluding carboxylic acids is 1. The summed E-state index contributed by atoms with van der Waals surface area (Å²) in [5, 5.41) is 0.756. The van der Waals surface area contributed by atoms with E-state index in [0.717, 1.165) is 37.8 Å². The molecule has 0 spiro atoms. The summed E-state index contributed by atoms with van der Waals surface area (Å²) in [4.78, 5) is 23.4. The average molecular weight is 605 g/mol. The van der Waals surface area contributed by atoms with Crippen LogP contribution < -0.4 is 0 Å². The molecule has 0 aromatic heterocycles. The van der Waals surface area contributed by atoms with E-state index in [1.165, 1.54) is 12.1 Å². The summed E-state index contributed by atoms with van der Waals surface area (Å²) in [6, 6.07) is 8.25. The zero-order valence-corrected chi connectivity index (χ0v) is 24.4. The van der Waals surface area contributed by atoms with E-state index >= 15 is 0 Å². The van der Waals surface area contributed by atoms with Crippen LogP contribution in [0.1, 0.15) is 22.6 Å². The van der Waals surface area contributed by atoms with Crippen LogP contribution in [0.2, 0.25) is 10.0 Å². The van der Waals surface area contributed by atoms with Crippen LogP contribution in [0.3, 0.4) is 0 Å². The highest BCUT2D eigenvalue weighted by atomic mass is 35.5. The van der Waals surface area contributed by atoms with Crippen molar-refractivity contribution in [2.75, 3.05) is 73.5 Å². The summed E-state index contributed by atoms with van der Waals surface area (Å²) in [5.41, 5.74) is -0.571. The molecule has 2 aromatic rings. The molecule has 2 aromatic carbocycles. The molecule has 0 radical (unpaired) electrons. The maximum absolute atomic E-state index is 14.3. The highest BCUT2D eigenvalue weighted by molar-refractivity contribution is 6.42. The fourth-order valence-electron chi connectivity index (χ4n) is 5.57. The molecular weight excluding hydrogens is 569 g/mol. The van der Waals surface area contributed by atoms with Gasteiger partial charge in [0, 0.05) is 70.9 Å². The second-order valence-corrected chi connectivity index (χ2v) is 11.7. The molecule has 0 saturated carbocycles. The summed E-state index contributed by atoms with van der Waals surface area (Å²) in [6.07, 6.45) is -4.82. The van der Waals surface area contributed by atoms with Crippen LogP contribution >= 0.6 is 23.2 Å². The number of halogens is 6. The number of amides is 2. The molecule has 0 aliphatic carbocycles. The van der Waals surface area contributed by atoms with E-state index < -0.39 is 17.6 Å². The lowest BCUT2D eigenvalue weighted by Gasteiger charge is -2.37. The summed E-state index contributed by atoms with van der Waals surface area (Å²) in [7, 11) is 5.77. The Morgan fingerprint density at radius 1 is 0.975 bits per heavy atom. The van der Waals surface area contributed by atoms with Gasteiger partial charge in [0.2, 0.25) is 0 Å². The van der Waals surface area contributed by atoms with Crippen molar-refractivity contribution in [1.82, 2.24) is 24.5 Å². The van der Waals surface area contributed by atoms with Gasteiger partial charge in [-0.05, 0) is 50.5 Å². The lowest BCUT2D eigenvalue weighted by Crippen LogP contribution is -2.53. The van der Waals surface area contributed by atoms with Crippen LogP contribution in [-0.4, -0.2) is 110 Å². The van der Waals surface area contributed by atoms with E-state index in [1.807, 2.05) is 25.1 Å². The molecule has 0 N–H and O–H groups in total. The highest BCUT2D eigenvalue weighted by Gasteiger charge is 2.42. The molecule has 2 heterocycles. The Hall–Kier alpha value is -2.11. The zero-order valence-electron chi connectivity index (χ0n) is 22.9. The monoisotopic (exact) mass is 603 g/mol. The molecule has 2 amide bonds. The van der Waals surface area contributed by atoms with E-state index in [1.54, 1.807) is 29.0 Å². The van der Waals surface area contributed by atoms with E-state index in [2.05, 4.69) is 9.80 Å². The lowest BCUT2D eigenvalue weighted by atomic mass is 9.93. The quantitative estimate of drug-likeness (QED) is 0.400. The van der Waals surface area contributed by atoms with Crippen LogP contribution in [0.15, 0.2) is 36.4 Å². The van der Waals surface area contributed by atoms with Gasteiger partial charge in [-0.1, -0.05) is 41.4 Å². The first-order valence-corrected chi connectivity index (χ1v) is 14.0. The molecule has 2 aliphatic rings. The molecule has 2 saturated heterocycles. The number of benzene rings is 2. The number of hydrogen-bond donors (Lipinski definition) is 0. The van der Waals surface area contributed by atoms with Crippen LogP contribution in [0.4, 0.5) is 22.4 Å². The first-order valence-electron chi connectivity index (χ1n) is 13.3. The Morgan fingerprint density at radius 2 is 1.68 bits per heavy atom. The number of urea groups is 1. The van der Waals surface area contributed by atoms with Gasteiger partial charge < -0.3 is 14.7 Å². The standard InChI is InChI=1S/C28H35Cl2F4N5O/c1-35(2)9-10-37-11-13-38(14-12-37)27(40)39-17-21(19-7-8-22(29)23(30)15-19)25(18-39)36(3)16-20-5-4-6-24(31)26(20)28(32,33)34/h4-8,15,21,25H,9-14,16-18H2,1-3H3. The first-order chi connectivity index (χ1) is 18.8. The van der Waals surface area contributed by atoms with Gasteiger partial charge in [0.15, 0.2) is 0 Å². The number of rotatable bonds is 7. The SMILES string of the molecule is CN(C)CCN1CCN(C(=O)N2CC(c3ccc(Cl)c(Cl)c3)C(N(C)Cc3cccc(F)c3C(F)(F)F)C2)CC1. The van der Waals surface area contributed by atoms with Crippen LogP contribution in [-0.2, 0) is 12.7 Å². The van der Waals surface area contributed by atoms with Gasteiger partial charge >= 0.3 is 12.2 Å². The maximum Gasteiger partial charge on any atom is 0.419 e. The van der Waals surface area contributed by atoms with Gasteiger partial charge in [-0.15, -0.1) is 0 Å². The second kappa shape index (κ2) is 12.8. The van der Waals surface area contributed by atoms with Crippen LogP contribution in [0, 0.1) is 5.82 Å². The average Bonchev–Trinajstić information content (AvgIpc) is 3.34. The predicted molar refractivity (Wildman–Crippen MR) is 149 cm³/mol. The zero-order chi connectivity index (χ0) is 29.2. The van der Waals surface area contributed by atoms with E-state index in [4.69, 9.17) is 23.2 Å². The molecule has 220 valence electrons. The second-order valence-electron chi connectivity index (χ2n) is 10.9. The topological polar surface area (TPSA) is 33.3 Å². The number of carbonyl (C=O) groups is 1. The van der Waals surface area contributed by atoms with Crippen molar-refractivity contribution in [2.45, 2.75) is 24.7 Å². The van der Waals surface area contributed by atoms with Crippen molar-refractivity contribution in [1.29, 1.82) is 0 Å². The van der Waals surface area contributed by atoms with E-state index in [-0.39, 0.29) is 30.1 Å². The lowest BCUT2D eigenvalue weighted by molar-refractivity contribution is -0.140. The molecule has 2 fully saturated rings. The van der Waals surface area contributed by atoms with Crippen molar-refractivity contribution >= 4 is 29.2 Å². The Labute approximate surface area is 243 Å².